The summed E-state index contributed by atoms with van der Waals surface area (Å²) in [6.45, 7) is 5.82. The minimum Gasteiger partial charge on any atom is -0.484 e. The molecule has 0 spiro atoms. The third kappa shape index (κ3) is 4.73. The van der Waals surface area contributed by atoms with Gasteiger partial charge < -0.3 is 14.6 Å². The van der Waals surface area contributed by atoms with Crippen LogP contribution < -0.4 is 4.74 Å². The molecule has 0 amide bonds. The minimum absolute atomic E-state index is 0.0646. The summed E-state index contributed by atoms with van der Waals surface area (Å²) in [6, 6.07) is 2.96. The highest BCUT2D eigenvalue weighted by Crippen LogP contribution is 2.37. The molecule has 1 atom stereocenters. The summed E-state index contributed by atoms with van der Waals surface area (Å²) in [6.07, 6.45) is -0.804. The van der Waals surface area contributed by atoms with Gasteiger partial charge in [0.25, 0.3) is 0 Å². The molecule has 0 heterocycles. The second kappa shape index (κ2) is 7.56. The van der Waals surface area contributed by atoms with Crippen LogP contribution >= 0.6 is 15.9 Å². The number of nitro groups is 1. The van der Waals surface area contributed by atoms with Crippen molar-refractivity contribution in [2.45, 2.75) is 33.0 Å². The average molecular weight is 348 g/mol. The number of rotatable bonds is 7. The molecule has 0 saturated heterocycles. The lowest BCUT2D eigenvalue weighted by molar-refractivity contribution is -0.386. The summed E-state index contributed by atoms with van der Waals surface area (Å²) in [7, 11) is 0. The van der Waals surface area contributed by atoms with Crippen LogP contribution in [0, 0.1) is 10.1 Å². The van der Waals surface area contributed by atoms with Crippen LogP contribution in [-0.4, -0.2) is 29.3 Å². The number of nitrogens with zero attached hydrogens (tertiary/aromatic N) is 1. The van der Waals surface area contributed by atoms with Gasteiger partial charge in [-0.1, -0.05) is 15.9 Å². The van der Waals surface area contributed by atoms with Gasteiger partial charge in [-0.2, -0.15) is 0 Å². The second-order valence-corrected chi connectivity index (χ2v) is 5.46. The SMILES string of the molecule is CC(C)OCCOc1c([C@@H](C)O)cc(Br)cc1[N+](=O)[O-]. The number of halogens is 1. The number of aliphatic hydroxyl groups excluding tert-OH is 1. The Bertz CT molecular complexity index is 476. The molecule has 0 bridgehead atoms. The summed E-state index contributed by atoms with van der Waals surface area (Å²) in [4.78, 5) is 10.5. The van der Waals surface area contributed by atoms with E-state index in [0.29, 0.717) is 16.6 Å². The van der Waals surface area contributed by atoms with Gasteiger partial charge in [0.1, 0.15) is 6.61 Å². The van der Waals surface area contributed by atoms with Crippen molar-refractivity contribution in [2.75, 3.05) is 13.2 Å². The fraction of sp³-hybridized carbons (Fsp3) is 0.538. The van der Waals surface area contributed by atoms with E-state index >= 15 is 0 Å². The van der Waals surface area contributed by atoms with Crippen molar-refractivity contribution in [3.8, 4) is 5.75 Å². The molecule has 0 fully saturated rings. The van der Waals surface area contributed by atoms with Crippen LogP contribution in [0.15, 0.2) is 16.6 Å². The van der Waals surface area contributed by atoms with Gasteiger partial charge >= 0.3 is 5.69 Å². The van der Waals surface area contributed by atoms with E-state index in [-0.39, 0.29) is 24.1 Å². The van der Waals surface area contributed by atoms with Crippen molar-refractivity contribution < 1.29 is 19.5 Å². The number of nitro benzene ring substituents is 1. The lowest BCUT2D eigenvalue weighted by Gasteiger charge is -2.15. The molecule has 0 unspecified atom stereocenters. The first kappa shape index (κ1) is 16.9. The van der Waals surface area contributed by atoms with Gasteiger partial charge in [-0.15, -0.1) is 0 Å². The quantitative estimate of drug-likeness (QED) is 0.465. The van der Waals surface area contributed by atoms with E-state index in [4.69, 9.17) is 9.47 Å². The summed E-state index contributed by atoms with van der Waals surface area (Å²) < 4.78 is 11.3. The molecule has 0 aliphatic heterocycles. The fourth-order valence-corrected chi connectivity index (χ4v) is 2.09. The van der Waals surface area contributed by atoms with Crippen LogP contribution in [0.25, 0.3) is 0 Å². The lowest BCUT2D eigenvalue weighted by atomic mass is 10.1. The maximum atomic E-state index is 11.1. The molecule has 6 nitrogen and oxygen atoms in total. The maximum absolute atomic E-state index is 11.1. The molecule has 0 aromatic heterocycles. The molecule has 1 N–H and O–H groups in total. The molecular weight excluding hydrogens is 330 g/mol. The van der Waals surface area contributed by atoms with Gasteiger partial charge in [0.2, 0.25) is 5.75 Å². The number of hydrogen-bond donors (Lipinski definition) is 1. The van der Waals surface area contributed by atoms with E-state index in [1.54, 1.807) is 6.07 Å². The van der Waals surface area contributed by atoms with E-state index in [2.05, 4.69) is 15.9 Å². The van der Waals surface area contributed by atoms with E-state index in [9.17, 15) is 15.2 Å². The van der Waals surface area contributed by atoms with Crippen molar-refractivity contribution in [2.24, 2.45) is 0 Å². The van der Waals surface area contributed by atoms with Crippen LogP contribution in [0.2, 0.25) is 0 Å². The molecule has 0 aliphatic rings. The fourth-order valence-electron chi connectivity index (χ4n) is 1.63. The largest absolute Gasteiger partial charge is 0.484 e. The van der Waals surface area contributed by atoms with Crippen LogP contribution in [-0.2, 0) is 4.74 Å². The first-order valence-electron chi connectivity index (χ1n) is 6.23. The van der Waals surface area contributed by atoms with Crippen LogP contribution in [0.4, 0.5) is 5.69 Å². The van der Waals surface area contributed by atoms with E-state index in [1.807, 2.05) is 13.8 Å². The predicted octanol–water partition coefficient (Wildman–Crippen LogP) is 3.21. The van der Waals surface area contributed by atoms with Gasteiger partial charge in [0.05, 0.1) is 23.7 Å². The minimum atomic E-state index is -0.868. The molecule has 20 heavy (non-hydrogen) atoms. The summed E-state index contributed by atoms with van der Waals surface area (Å²) in [5.41, 5.74) is 0.190. The third-order valence-electron chi connectivity index (χ3n) is 2.49. The van der Waals surface area contributed by atoms with Crippen LogP contribution in [0.1, 0.15) is 32.4 Å². The Morgan fingerprint density at radius 3 is 2.50 bits per heavy atom. The number of benzene rings is 1. The van der Waals surface area contributed by atoms with Crippen molar-refractivity contribution in [3.63, 3.8) is 0 Å². The van der Waals surface area contributed by atoms with E-state index in [1.165, 1.54) is 13.0 Å². The van der Waals surface area contributed by atoms with Gasteiger partial charge in [0, 0.05) is 16.1 Å². The van der Waals surface area contributed by atoms with Crippen molar-refractivity contribution in [3.05, 3.63) is 32.3 Å². The van der Waals surface area contributed by atoms with Gasteiger partial charge in [-0.05, 0) is 26.8 Å². The van der Waals surface area contributed by atoms with Crippen molar-refractivity contribution in [1.82, 2.24) is 0 Å². The zero-order chi connectivity index (χ0) is 15.3. The molecule has 0 aliphatic carbocycles. The first-order chi connectivity index (χ1) is 9.32. The number of hydrogen-bond acceptors (Lipinski definition) is 5. The summed E-state index contributed by atoms with van der Waals surface area (Å²) in [5, 5.41) is 20.8. The smallest absolute Gasteiger partial charge is 0.312 e. The van der Waals surface area contributed by atoms with E-state index < -0.39 is 11.0 Å². The zero-order valence-electron chi connectivity index (χ0n) is 11.6. The Labute approximate surface area is 126 Å². The molecule has 1 aromatic rings. The number of ether oxygens (including phenoxy) is 2. The molecule has 112 valence electrons. The average Bonchev–Trinajstić information content (AvgIpc) is 2.34. The zero-order valence-corrected chi connectivity index (χ0v) is 13.2. The molecule has 0 radical (unpaired) electrons. The van der Waals surface area contributed by atoms with Gasteiger partial charge in [-0.3, -0.25) is 10.1 Å². The second-order valence-electron chi connectivity index (χ2n) is 4.54. The first-order valence-corrected chi connectivity index (χ1v) is 7.02. The van der Waals surface area contributed by atoms with Crippen molar-refractivity contribution in [1.29, 1.82) is 0 Å². The monoisotopic (exact) mass is 347 g/mol. The Balaban J connectivity index is 2.98. The molecular formula is C13H18BrNO5. The van der Waals surface area contributed by atoms with Crippen LogP contribution in [0.3, 0.4) is 0 Å². The molecule has 0 saturated carbocycles. The molecule has 1 rings (SSSR count). The Morgan fingerprint density at radius 2 is 2.00 bits per heavy atom. The van der Waals surface area contributed by atoms with Crippen LogP contribution in [0.5, 0.6) is 5.75 Å². The maximum Gasteiger partial charge on any atom is 0.312 e. The lowest BCUT2D eigenvalue weighted by Crippen LogP contribution is -2.13. The van der Waals surface area contributed by atoms with Crippen molar-refractivity contribution >= 4 is 21.6 Å². The molecule has 7 heteroatoms. The topological polar surface area (TPSA) is 81.8 Å². The Kier molecular flexibility index (Phi) is 6.38. The standard InChI is InChI=1S/C13H18BrNO5/c1-8(2)19-4-5-20-13-11(9(3)16)6-10(14)7-12(13)15(17)18/h6-9,16H,4-5H2,1-3H3/t9-/m1/s1. The summed E-state index contributed by atoms with van der Waals surface area (Å²) in [5.74, 6) is 0.0838. The molecule has 1 aromatic carbocycles. The highest BCUT2D eigenvalue weighted by atomic mass is 79.9. The normalized spacial score (nSPS) is 12.5. The van der Waals surface area contributed by atoms with Gasteiger partial charge in [0.15, 0.2) is 0 Å². The van der Waals surface area contributed by atoms with E-state index in [0.717, 1.165) is 0 Å². The highest BCUT2D eigenvalue weighted by Gasteiger charge is 2.23. The summed E-state index contributed by atoms with van der Waals surface area (Å²) >= 11 is 3.19. The predicted molar refractivity (Wildman–Crippen MR) is 78.0 cm³/mol. The third-order valence-corrected chi connectivity index (χ3v) is 2.95. The highest BCUT2D eigenvalue weighted by molar-refractivity contribution is 9.10. The Morgan fingerprint density at radius 1 is 1.35 bits per heavy atom. The van der Waals surface area contributed by atoms with Gasteiger partial charge in [-0.25, -0.2) is 0 Å². The Hall–Kier alpha value is -1.18. The number of aliphatic hydroxyl groups is 1.